The van der Waals surface area contributed by atoms with Crippen LogP contribution in [-0.4, -0.2) is 24.4 Å². The van der Waals surface area contributed by atoms with Gasteiger partial charge in [-0.3, -0.25) is 4.68 Å². The van der Waals surface area contributed by atoms with Crippen molar-refractivity contribution in [3.63, 3.8) is 0 Å². The summed E-state index contributed by atoms with van der Waals surface area (Å²) in [7, 11) is 0. The van der Waals surface area contributed by atoms with Gasteiger partial charge in [0.05, 0.1) is 18.1 Å². The van der Waals surface area contributed by atoms with Crippen molar-refractivity contribution in [3.8, 4) is 11.3 Å². The minimum atomic E-state index is 0.691. The van der Waals surface area contributed by atoms with Crippen molar-refractivity contribution in [2.45, 2.75) is 26.4 Å². The van der Waals surface area contributed by atoms with Crippen molar-refractivity contribution in [2.75, 3.05) is 5.32 Å². The van der Waals surface area contributed by atoms with Gasteiger partial charge in [-0.05, 0) is 6.42 Å². The van der Waals surface area contributed by atoms with Crippen LogP contribution in [0.1, 0.15) is 18.9 Å². The minimum Gasteiger partial charge on any atom is -0.366 e. The average Bonchev–Trinajstić information content (AvgIpc) is 3.30. The molecule has 6 nitrogen and oxygen atoms in total. The lowest BCUT2D eigenvalue weighted by atomic mass is 10.1. The molecule has 0 unspecified atom stereocenters. The standard InChI is InChI=1S/C19H20N6/c1-2-10-24-14-15(13-22-24)12-20-19-11-17(16-6-4-3-5-7-16)23-18-8-9-21-25(18)19/h3-9,11,13-14,20H,2,10,12H2,1H3. The van der Waals surface area contributed by atoms with Gasteiger partial charge in [-0.15, -0.1) is 0 Å². The van der Waals surface area contributed by atoms with Crippen molar-refractivity contribution in [1.82, 2.24) is 24.4 Å². The summed E-state index contributed by atoms with van der Waals surface area (Å²) in [6.07, 6.45) is 6.83. The van der Waals surface area contributed by atoms with Crippen LogP contribution in [0.4, 0.5) is 5.82 Å². The number of benzene rings is 1. The minimum absolute atomic E-state index is 0.691. The van der Waals surface area contributed by atoms with Gasteiger partial charge in [0.2, 0.25) is 0 Å². The van der Waals surface area contributed by atoms with Crippen LogP contribution in [0.2, 0.25) is 0 Å². The Kier molecular flexibility index (Phi) is 4.16. The van der Waals surface area contributed by atoms with Gasteiger partial charge in [-0.1, -0.05) is 37.3 Å². The molecule has 3 aromatic heterocycles. The van der Waals surface area contributed by atoms with Crippen molar-refractivity contribution >= 4 is 11.5 Å². The molecule has 0 amide bonds. The predicted octanol–water partition coefficient (Wildman–Crippen LogP) is 3.61. The maximum Gasteiger partial charge on any atom is 0.157 e. The zero-order valence-corrected chi connectivity index (χ0v) is 14.1. The van der Waals surface area contributed by atoms with Crippen LogP contribution in [-0.2, 0) is 13.1 Å². The molecular weight excluding hydrogens is 312 g/mol. The van der Waals surface area contributed by atoms with Gasteiger partial charge in [-0.2, -0.15) is 14.7 Å². The van der Waals surface area contributed by atoms with E-state index in [1.54, 1.807) is 6.20 Å². The molecule has 1 N–H and O–H groups in total. The summed E-state index contributed by atoms with van der Waals surface area (Å²) in [6, 6.07) is 14.1. The van der Waals surface area contributed by atoms with Crippen molar-refractivity contribution in [3.05, 3.63) is 66.6 Å². The maximum atomic E-state index is 4.69. The summed E-state index contributed by atoms with van der Waals surface area (Å²) in [4.78, 5) is 4.69. The Labute approximate surface area is 146 Å². The molecule has 0 bridgehead atoms. The SMILES string of the molecule is CCCn1cc(CNc2cc(-c3ccccc3)nc3ccnn23)cn1. The van der Waals surface area contributed by atoms with Crippen molar-refractivity contribution < 1.29 is 0 Å². The van der Waals surface area contributed by atoms with Gasteiger partial charge in [0, 0.05) is 42.5 Å². The van der Waals surface area contributed by atoms with E-state index < -0.39 is 0 Å². The third-order valence-electron chi connectivity index (χ3n) is 4.04. The van der Waals surface area contributed by atoms with E-state index in [4.69, 9.17) is 4.98 Å². The van der Waals surface area contributed by atoms with Crippen LogP contribution in [0.5, 0.6) is 0 Å². The van der Waals surface area contributed by atoms with E-state index in [9.17, 15) is 0 Å². The summed E-state index contributed by atoms with van der Waals surface area (Å²) in [6.45, 7) is 3.78. The molecule has 0 aliphatic rings. The van der Waals surface area contributed by atoms with Gasteiger partial charge >= 0.3 is 0 Å². The molecule has 3 heterocycles. The fourth-order valence-electron chi connectivity index (χ4n) is 2.84. The Morgan fingerprint density at radius 1 is 1.08 bits per heavy atom. The Morgan fingerprint density at radius 3 is 2.80 bits per heavy atom. The Morgan fingerprint density at radius 2 is 1.96 bits per heavy atom. The van der Waals surface area contributed by atoms with E-state index in [-0.39, 0.29) is 0 Å². The molecule has 0 atom stereocenters. The Balaban J connectivity index is 1.62. The van der Waals surface area contributed by atoms with Crippen LogP contribution in [0.3, 0.4) is 0 Å². The zero-order chi connectivity index (χ0) is 17.1. The highest BCUT2D eigenvalue weighted by molar-refractivity contribution is 5.66. The molecular formula is C19H20N6. The highest BCUT2D eigenvalue weighted by atomic mass is 15.3. The Hall–Kier alpha value is -3.15. The number of hydrogen-bond donors (Lipinski definition) is 1. The third-order valence-corrected chi connectivity index (χ3v) is 4.04. The lowest BCUT2D eigenvalue weighted by Crippen LogP contribution is -2.06. The normalized spacial score (nSPS) is 11.1. The van der Waals surface area contributed by atoms with Gasteiger partial charge in [0.1, 0.15) is 5.82 Å². The number of anilines is 1. The van der Waals surface area contributed by atoms with Crippen LogP contribution >= 0.6 is 0 Å². The average molecular weight is 332 g/mol. The van der Waals surface area contributed by atoms with Gasteiger partial charge in [-0.25, -0.2) is 4.98 Å². The van der Waals surface area contributed by atoms with Crippen LogP contribution < -0.4 is 5.32 Å². The molecule has 126 valence electrons. The molecule has 25 heavy (non-hydrogen) atoms. The lowest BCUT2D eigenvalue weighted by molar-refractivity contribution is 0.602. The maximum absolute atomic E-state index is 4.69. The van der Waals surface area contributed by atoms with Crippen LogP contribution in [0, 0.1) is 0 Å². The molecule has 0 aliphatic heterocycles. The van der Waals surface area contributed by atoms with Crippen molar-refractivity contribution in [2.24, 2.45) is 0 Å². The number of rotatable bonds is 6. The quantitative estimate of drug-likeness (QED) is 0.586. The molecule has 1 aromatic carbocycles. The molecule has 0 saturated carbocycles. The van der Waals surface area contributed by atoms with E-state index in [0.717, 1.165) is 41.3 Å². The van der Waals surface area contributed by atoms with Crippen molar-refractivity contribution in [1.29, 1.82) is 0 Å². The Bertz CT molecular complexity index is 970. The number of nitrogens with zero attached hydrogens (tertiary/aromatic N) is 5. The van der Waals surface area contributed by atoms with E-state index in [2.05, 4.69) is 40.8 Å². The zero-order valence-electron chi connectivity index (χ0n) is 14.1. The van der Waals surface area contributed by atoms with Gasteiger partial charge < -0.3 is 5.32 Å². The monoisotopic (exact) mass is 332 g/mol. The first-order valence-corrected chi connectivity index (χ1v) is 8.49. The number of aryl methyl sites for hydroxylation is 1. The highest BCUT2D eigenvalue weighted by Gasteiger charge is 2.08. The summed E-state index contributed by atoms with van der Waals surface area (Å²) < 4.78 is 3.80. The molecule has 6 heteroatoms. The molecule has 4 aromatic rings. The van der Waals surface area contributed by atoms with Gasteiger partial charge in [0.15, 0.2) is 5.65 Å². The fourth-order valence-corrected chi connectivity index (χ4v) is 2.84. The summed E-state index contributed by atoms with van der Waals surface area (Å²) in [5, 5.41) is 12.2. The molecule has 4 rings (SSSR count). The predicted molar refractivity (Wildman–Crippen MR) is 98.3 cm³/mol. The number of aromatic nitrogens is 5. The summed E-state index contributed by atoms with van der Waals surface area (Å²) in [5.41, 5.74) is 3.99. The second-order valence-electron chi connectivity index (χ2n) is 5.96. The number of fused-ring (bicyclic) bond motifs is 1. The second kappa shape index (κ2) is 6.76. The third kappa shape index (κ3) is 3.24. The second-order valence-corrected chi connectivity index (χ2v) is 5.96. The van der Waals surface area contributed by atoms with E-state index in [1.807, 2.05) is 45.7 Å². The lowest BCUT2D eigenvalue weighted by Gasteiger charge is -2.10. The largest absolute Gasteiger partial charge is 0.366 e. The molecule has 0 spiro atoms. The fraction of sp³-hybridized carbons (Fsp3) is 0.211. The first kappa shape index (κ1) is 15.4. The molecule has 0 radical (unpaired) electrons. The molecule has 0 saturated heterocycles. The topological polar surface area (TPSA) is 60.0 Å². The van der Waals surface area contributed by atoms with E-state index in [0.29, 0.717) is 6.54 Å². The molecule has 0 aliphatic carbocycles. The number of nitrogens with one attached hydrogen (secondary N) is 1. The van der Waals surface area contributed by atoms with Crippen LogP contribution in [0.25, 0.3) is 16.9 Å². The molecule has 0 fully saturated rings. The van der Waals surface area contributed by atoms with E-state index in [1.165, 1.54) is 0 Å². The number of hydrogen-bond acceptors (Lipinski definition) is 4. The summed E-state index contributed by atoms with van der Waals surface area (Å²) in [5.74, 6) is 0.914. The first-order valence-electron chi connectivity index (χ1n) is 8.49. The highest BCUT2D eigenvalue weighted by Crippen LogP contribution is 2.22. The summed E-state index contributed by atoms with van der Waals surface area (Å²) >= 11 is 0. The first-order chi connectivity index (χ1) is 12.3. The van der Waals surface area contributed by atoms with Gasteiger partial charge in [0.25, 0.3) is 0 Å². The van der Waals surface area contributed by atoms with E-state index >= 15 is 0 Å². The smallest absolute Gasteiger partial charge is 0.157 e. The van der Waals surface area contributed by atoms with Crippen LogP contribution in [0.15, 0.2) is 61.1 Å².